The summed E-state index contributed by atoms with van der Waals surface area (Å²) in [5, 5.41) is 7.44. The highest BCUT2D eigenvalue weighted by Crippen LogP contribution is 2.47. The lowest BCUT2D eigenvalue weighted by Gasteiger charge is -2.13. The number of fused-ring (bicyclic) bond motifs is 11. The van der Waals surface area contributed by atoms with Gasteiger partial charge < -0.3 is 0 Å². The predicted octanol–water partition coefficient (Wildman–Crippen LogP) is 11.0. The van der Waals surface area contributed by atoms with Gasteiger partial charge in [0.05, 0.1) is 16.6 Å². The Balaban J connectivity index is 1.36. The molecule has 0 radical (unpaired) electrons. The molecule has 0 unspecified atom stereocenters. The summed E-state index contributed by atoms with van der Waals surface area (Å²) in [7, 11) is 0. The average Bonchev–Trinajstić information content (AvgIpc) is 3.68. The van der Waals surface area contributed by atoms with E-state index in [4.69, 9.17) is 15.0 Å². The van der Waals surface area contributed by atoms with Gasteiger partial charge in [0.1, 0.15) is 11.2 Å². The molecule has 0 spiro atoms. The van der Waals surface area contributed by atoms with Crippen LogP contribution in [0.1, 0.15) is 0 Å². The highest BCUT2D eigenvalue weighted by atomic mass is 32.1. The van der Waals surface area contributed by atoms with Gasteiger partial charge in [-0.25, -0.2) is 9.97 Å². The minimum atomic E-state index is 0.635. The summed E-state index contributed by atoms with van der Waals surface area (Å²) < 4.78 is 4.88. The van der Waals surface area contributed by atoms with Gasteiger partial charge in [0.2, 0.25) is 5.95 Å². The molecule has 10 aromatic rings. The molecule has 0 amide bonds. The van der Waals surface area contributed by atoms with Crippen molar-refractivity contribution in [3.8, 4) is 28.3 Å². The molecule has 6 aromatic carbocycles. The zero-order chi connectivity index (χ0) is 30.2. The van der Waals surface area contributed by atoms with E-state index in [1.165, 1.54) is 41.7 Å². The van der Waals surface area contributed by atoms with Crippen molar-refractivity contribution in [3.63, 3.8) is 0 Å². The summed E-state index contributed by atoms with van der Waals surface area (Å²) in [6.45, 7) is 0. The molecule has 214 valence electrons. The monoisotopic (exact) mass is 604 g/mol. The molecule has 4 aromatic heterocycles. The van der Waals surface area contributed by atoms with E-state index < -0.39 is 0 Å². The van der Waals surface area contributed by atoms with E-state index in [2.05, 4.69) is 126 Å². The van der Waals surface area contributed by atoms with Crippen molar-refractivity contribution in [2.24, 2.45) is 0 Å². The molecule has 46 heavy (non-hydrogen) atoms. The van der Waals surface area contributed by atoms with Crippen LogP contribution in [0.15, 0.2) is 146 Å². The number of pyridine rings is 1. The van der Waals surface area contributed by atoms with E-state index in [0.29, 0.717) is 5.95 Å². The van der Waals surface area contributed by atoms with Crippen LogP contribution in [0, 0.1) is 0 Å². The highest BCUT2D eigenvalue weighted by Gasteiger charge is 2.23. The SMILES string of the molecule is c1ccc(-c2cccc(-c3nc(-n4c5ccccc5c5c6c7ccccc7sc6c6ccccc6c54)nc4cccnc34)c2)cc1. The van der Waals surface area contributed by atoms with Gasteiger partial charge in [0.25, 0.3) is 0 Å². The molecule has 0 aliphatic carbocycles. The van der Waals surface area contributed by atoms with Gasteiger partial charge in [-0.3, -0.25) is 9.55 Å². The van der Waals surface area contributed by atoms with E-state index in [1.54, 1.807) is 0 Å². The second kappa shape index (κ2) is 9.80. The summed E-state index contributed by atoms with van der Waals surface area (Å²) in [6, 6.07) is 49.2. The lowest BCUT2D eigenvalue weighted by Crippen LogP contribution is -2.04. The number of para-hydroxylation sites is 1. The smallest absolute Gasteiger partial charge is 0.235 e. The molecule has 0 atom stereocenters. The minimum absolute atomic E-state index is 0.635. The topological polar surface area (TPSA) is 43.6 Å². The number of aromatic nitrogens is 4. The van der Waals surface area contributed by atoms with Crippen LogP contribution < -0.4 is 0 Å². The maximum Gasteiger partial charge on any atom is 0.235 e. The molecule has 0 saturated carbocycles. The van der Waals surface area contributed by atoms with Crippen LogP contribution in [0.2, 0.25) is 0 Å². The summed E-state index contributed by atoms with van der Waals surface area (Å²) in [4.78, 5) is 15.4. The summed E-state index contributed by atoms with van der Waals surface area (Å²) in [6.07, 6.45) is 1.82. The fourth-order valence-corrected chi connectivity index (χ4v) is 8.31. The first-order valence-electron chi connectivity index (χ1n) is 15.4. The third kappa shape index (κ3) is 3.63. The van der Waals surface area contributed by atoms with Crippen LogP contribution in [0.4, 0.5) is 0 Å². The molecule has 10 rings (SSSR count). The Morgan fingerprint density at radius 2 is 1.24 bits per heavy atom. The Bertz CT molecular complexity index is 2810. The van der Waals surface area contributed by atoms with Crippen molar-refractivity contribution < 1.29 is 0 Å². The molecule has 0 N–H and O–H groups in total. The van der Waals surface area contributed by atoms with Crippen molar-refractivity contribution >= 4 is 75.1 Å². The fourth-order valence-electron chi connectivity index (χ4n) is 7.06. The Morgan fingerprint density at radius 3 is 2.13 bits per heavy atom. The van der Waals surface area contributed by atoms with Gasteiger partial charge in [0, 0.05) is 53.5 Å². The number of nitrogens with zero attached hydrogens (tertiary/aromatic N) is 4. The predicted molar refractivity (Wildman–Crippen MR) is 193 cm³/mol. The number of benzene rings is 6. The van der Waals surface area contributed by atoms with Gasteiger partial charge in [-0.1, -0.05) is 109 Å². The van der Waals surface area contributed by atoms with Crippen molar-refractivity contribution in [3.05, 3.63) is 146 Å². The molecule has 0 aliphatic heterocycles. The third-order valence-electron chi connectivity index (χ3n) is 9.03. The molecule has 0 bridgehead atoms. The summed E-state index contributed by atoms with van der Waals surface area (Å²) >= 11 is 1.87. The van der Waals surface area contributed by atoms with Crippen LogP contribution in [0.5, 0.6) is 0 Å². The molecule has 0 aliphatic rings. The van der Waals surface area contributed by atoms with E-state index in [0.717, 1.165) is 44.5 Å². The van der Waals surface area contributed by atoms with E-state index in [1.807, 2.05) is 35.7 Å². The highest BCUT2D eigenvalue weighted by molar-refractivity contribution is 7.27. The van der Waals surface area contributed by atoms with Crippen molar-refractivity contribution in [2.75, 3.05) is 0 Å². The van der Waals surface area contributed by atoms with Gasteiger partial charge in [-0.15, -0.1) is 11.3 Å². The summed E-state index contributed by atoms with van der Waals surface area (Å²) in [5.41, 5.74) is 7.92. The average molecular weight is 605 g/mol. The second-order valence-corrected chi connectivity index (χ2v) is 12.7. The molecule has 0 saturated heterocycles. The molecule has 4 heterocycles. The van der Waals surface area contributed by atoms with Crippen LogP contribution in [0.3, 0.4) is 0 Å². The molecular weight excluding hydrogens is 581 g/mol. The van der Waals surface area contributed by atoms with Crippen LogP contribution >= 0.6 is 11.3 Å². The van der Waals surface area contributed by atoms with Gasteiger partial charge in [-0.2, -0.15) is 0 Å². The first-order chi connectivity index (χ1) is 22.8. The fraction of sp³-hybridized carbons (Fsp3) is 0. The first kappa shape index (κ1) is 25.4. The maximum absolute atomic E-state index is 5.38. The number of thiophene rings is 1. The third-order valence-corrected chi connectivity index (χ3v) is 10.2. The van der Waals surface area contributed by atoms with E-state index >= 15 is 0 Å². The molecule has 4 nitrogen and oxygen atoms in total. The van der Waals surface area contributed by atoms with Gasteiger partial charge in [-0.05, 0) is 41.5 Å². The lowest BCUT2D eigenvalue weighted by atomic mass is 10.00. The van der Waals surface area contributed by atoms with Crippen molar-refractivity contribution in [2.45, 2.75) is 0 Å². The largest absolute Gasteiger partial charge is 0.277 e. The zero-order valence-corrected chi connectivity index (χ0v) is 25.4. The molecule has 0 fully saturated rings. The van der Waals surface area contributed by atoms with E-state index in [-0.39, 0.29) is 0 Å². The molecule has 5 heteroatoms. The van der Waals surface area contributed by atoms with E-state index in [9.17, 15) is 0 Å². The van der Waals surface area contributed by atoms with Crippen LogP contribution in [-0.2, 0) is 0 Å². The van der Waals surface area contributed by atoms with Crippen molar-refractivity contribution in [1.82, 2.24) is 19.5 Å². The van der Waals surface area contributed by atoms with Crippen LogP contribution in [-0.4, -0.2) is 19.5 Å². The second-order valence-electron chi connectivity index (χ2n) is 11.6. The zero-order valence-electron chi connectivity index (χ0n) is 24.6. The minimum Gasteiger partial charge on any atom is -0.277 e. The summed E-state index contributed by atoms with van der Waals surface area (Å²) in [5.74, 6) is 0.635. The molecular formula is C41H24N4S. The Morgan fingerprint density at radius 1 is 0.522 bits per heavy atom. The Kier molecular flexibility index (Phi) is 5.41. The van der Waals surface area contributed by atoms with Gasteiger partial charge in [0.15, 0.2) is 0 Å². The number of rotatable bonds is 3. The lowest BCUT2D eigenvalue weighted by molar-refractivity contribution is 1.01. The maximum atomic E-state index is 5.38. The Hall–Kier alpha value is -5.91. The number of hydrogen-bond acceptors (Lipinski definition) is 4. The first-order valence-corrected chi connectivity index (χ1v) is 16.2. The number of hydrogen-bond donors (Lipinski definition) is 0. The standard InChI is InChI=1S/C41H24N4S/c1-2-12-25(13-3-1)26-14-10-15-27(24-26)37-38-32(20-11-23-42-38)43-41(44-37)45-33-21-8-6-18-30(33)35-36-31-19-7-9-22-34(31)46-40(36)29-17-5-4-16-28(29)39(35)45/h1-24H. The quantitative estimate of drug-likeness (QED) is 0.201. The van der Waals surface area contributed by atoms with Crippen LogP contribution in [0.25, 0.3) is 92.1 Å². The Labute approximate surface area is 267 Å². The van der Waals surface area contributed by atoms with Crippen molar-refractivity contribution in [1.29, 1.82) is 0 Å². The normalized spacial score (nSPS) is 11.9. The van der Waals surface area contributed by atoms with Gasteiger partial charge >= 0.3 is 0 Å².